The van der Waals surface area contributed by atoms with Gasteiger partial charge in [-0.15, -0.1) is 5.73 Å². The maximum atomic E-state index is 12.6. The Morgan fingerprint density at radius 3 is 2.46 bits per heavy atom. The van der Waals surface area contributed by atoms with Crippen molar-refractivity contribution in [1.82, 2.24) is 0 Å². The van der Waals surface area contributed by atoms with Crippen molar-refractivity contribution in [2.24, 2.45) is 0 Å². The maximum absolute atomic E-state index is 12.6. The fourth-order valence-electron chi connectivity index (χ4n) is 1.16. The predicted octanol–water partition coefficient (Wildman–Crippen LogP) is 3.49. The summed E-state index contributed by atoms with van der Waals surface area (Å²) in [6.07, 6.45) is 1.77. The van der Waals surface area contributed by atoms with E-state index in [9.17, 15) is 4.39 Å². The summed E-state index contributed by atoms with van der Waals surface area (Å²) in [6.45, 7) is 5.68. The zero-order valence-electron chi connectivity index (χ0n) is 7.81. The van der Waals surface area contributed by atoms with Gasteiger partial charge in [0.2, 0.25) is 0 Å². The number of halogens is 1. The van der Waals surface area contributed by atoms with Crippen LogP contribution >= 0.6 is 0 Å². The van der Waals surface area contributed by atoms with E-state index >= 15 is 0 Å². The summed E-state index contributed by atoms with van der Waals surface area (Å²) < 4.78 is 12.6. The van der Waals surface area contributed by atoms with Crippen LogP contribution in [0.25, 0.3) is 0 Å². The van der Waals surface area contributed by atoms with E-state index in [0.29, 0.717) is 0 Å². The first kappa shape index (κ1) is 9.76. The number of hydrogen-bond acceptors (Lipinski definition) is 0. The SMILES string of the molecule is C=C=C(CC)Cc1ccc(F)cc1. The van der Waals surface area contributed by atoms with Gasteiger partial charge >= 0.3 is 0 Å². The molecule has 0 radical (unpaired) electrons. The minimum atomic E-state index is -0.190. The summed E-state index contributed by atoms with van der Waals surface area (Å²) in [4.78, 5) is 0. The lowest BCUT2D eigenvalue weighted by Gasteiger charge is -2.01. The molecular weight excluding hydrogens is 163 g/mol. The van der Waals surface area contributed by atoms with Crippen molar-refractivity contribution in [3.8, 4) is 0 Å². The van der Waals surface area contributed by atoms with Gasteiger partial charge in [0.1, 0.15) is 5.82 Å². The van der Waals surface area contributed by atoms with Crippen LogP contribution in [0.2, 0.25) is 0 Å². The number of benzene rings is 1. The normalized spacial score (nSPS) is 9.38. The van der Waals surface area contributed by atoms with E-state index in [1.54, 1.807) is 12.1 Å². The van der Waals surface area contributed by atoms with Gasteiger partial charge in [-0.05, 0) is 29.7 Å². The molecule has 1 aromatic carbocycles. The summed E-state index contributed by atoms with van der Waals surface area (Å²) in [5, 5.41) is 0. The van der Waals surface area contributed by atoms with E-state index in [0.717, 1.165) is 24.0 Å². The summed E-state index contributed by atoms with van der Waals surface area (Å²) in [7, 11) is 0. The van der Waals surface area contributed by atoms with Gasteiger partial charge in [-0.25, -0.2) is 4.39 Å². The van der Waals surface area contributed by atoms with Crippen LogP contribution in [0.1, 0.15) is 18.9 Å². The summed E-state index contributed by atoms with van der Waals surface area (Å²) in [5.41, 5.74) is 5.15. The van der Waals surface area contributed by atoms with Crippen LogP contribution in [0.15, 0.2) is 42.1 Å². The third kappa shape index (κ3) is 2.89. The molecule has 0 N–H and O–H groups in total. The molecule has 1 heteroatoms. The maximum Gasteiger partial charge on any atom is 0.123 e. The van der Waals surface area contributed by atoms with Gasteiger partial charge in [-0.2, -0.15) is 0 Å². The van der Waals surface area contributed by atoms with Crippen molar-refractivity contribution >= 4 is 0 Å². The van der Waals surface area contributed by atoms with Gasteiger partial charge in [-0.3, -0.25) is 0 Å². The molecule has 0 saturated carbocycles. The largest absolute Gasteiger partial charge is 0.207 e. The molecule has 0 aliphatic heterocycles. The second-order valence-electron chi connectivity index (χ2n) is 2.94. The Morgan fingerprint density at radius 2 is 2.00 bits per heavy atom. The van der Waals surface area contributed by atoms with Crippen LogP contribution in [0, 0.1) is 5.82 Å². The Hall–Kier alpha value is -1.33. The molecule has 0 aromatic heterocycles. The first-order valence-corrected chi connectivity index (χ1v) is 4.38. The Balaban J connectivity index is 2.75. The molecule has 0 saturated heterocycles. The highest BCUT2D eigenvalue weighted by Gasteiger charge is 1.96. The molecule has 0 atom stereocenters. The molecule has 0 heterocycles. The van der Waals surface area contributed by atoms with Crippen molar-refractivity contribution in [2.75, 3.05) is 0 Å². The molecule has 0 aliphatic carbocycles. The van der Waals surface area contributed by atoms with Crippen LogP contribution < -0.4 is 0 Å². The lowest BCUT2D eigenvalue weighted by atomic mass is 10.0. The second kappa shape index (κ2) is 4.64. The highest BCUT2D eigenvalue weighted by molar-refractivity contribution is 5.21. The van der Waals surface area contributed by atoms with Crippen molar-refractivity contribution < 1.29 is 4.39 Å². The van der Waals surface area contributed by atoms with E-state index in [4.69, 9.17) is 0 Å². The number of allylic oxidation sites excluding steroid dienone is 1. The molecule has 13 heavy (non-hydrogen) atoms. The smallest absolute Gasteiger partial charge is 0.123 e. The average Bonchev–Trinajstić information content (AvgIpc) is 2.17. The van der Waals surface area contributed by atoms with Gasteiger partial charge in [0.05, 0.1) is 0 Å². The van der Waals surface area contributed by atoms with Gasteiger partial charge in [0.25, 0.3) is 0 Å². The summed E-state index contributed by atoms with van der Waals surface area (Å²) >= 11 is 0. The molecule has 68 valence electrons. The molecule has 0 aliphatic rings. The second-order valence-corrected chi connectivity index (χ2v) is 2.94. The fourth-order valence-corrected chi connectivity index (χ4v) is 1.16. The van der Waals surface area contributed by atoms with Crippen LogP contribution in [0.4, 0.5) is 4.39 Å². The number of hydrogen-bond donors (Lipinski definition) is 0. The molecule has 0 unspecified atom stereocenters. The lowest BCUT2D eigenvalue weighted by Crippen LogP contribution is -1.88. The molecule has 1 aromatic rings. The Morgan fingerprint density at radius 1 is 1.38 bits per heavy atom. The minimum Gasteiger partial charge on any atom is -0.207 e. The first-order chi connectivity index (χ1) is 6.26. The molecule has 0 fully saturated rings. The molecule has 0 amide bonds. The summed E-state index contributed by atoms with van der Waals surface area (Å²) in [6, 6.07) is 6.54. The Bertz CT molecular complexity index is 315. The molecular formula is C12H13F. The highest BCUT2D eigenvalue weighted by Crippen LogP contribution is 2.10. The molecule has 0 nitrogen and oxygen atoms in total. The van der Waals surface area contributed by atoms with Gasteiger partial charge in [-0.1, -0.05) is 25.6 Å². The zero-order chi connectivity index (χ0) is 9.68. The van der Waals surface area contributed by atoms with Crippen LogP contribution in [0.5, 0.6) is 0 Å². The van der Waals surface area contributed by atoms with Crippen molar-refractivity contribution in [1.29, 1.82) is 0 Å². The van der Waals surface area contributed by atoms with Gasteiger partial charge in [0, 0.05) is 6.42 Å². The lowest BCUT2D eigenvalue weighted by molar-refractivity contribution is 0.627. The van der Waals surface area contributed by atoms with E-state index in [1.807, 2.05) is 0 Å². The van der Waals surface area contributed by atoms with E-state index in [1.165, 1.54) is 12.1 Å². The van der Waals surface area contributed by atoms with Crippen LogP contribution in [-0.4, -0.2) is 0 Å². The van der Waals surface area contributed by atoms with E-state index in [2.05, 4.69) is 19.2 Å². The van der Waals surface area contributed by atoms with Crippen LogP contribution in [-0.2, 0) is 6.42 Å². The first-order valence-electron chi connectivity index (χ1n) is 4.38. The monoisotopic (exact) mass is 176 g/mol. The van der Waals surface area contributed by atoms with Crippen molar-refractivity contribution in [3.63, 3.8) is 0 Å². The van der Waals surface area contributed by atoms with E-state index in [-0.39, 0.29) is 5.82 Å². The molecule has 0 bridgehead atoms. The fraction of sp³-hybridized carbons (Fsp3) is 0.250. The topological polar surface area (TPSA) is 0 Å². The Kier molecular flexibility index (Phi) is 3.48. The predicted molar refractivity (Wildman–Crippen MR) is 53.0 cm³/mol. The van der Waals surface area contributed by atoms with E-state index < -0.39 is 0 Å². The highest BCUT2D eigenvalue weighted by atomic mass is 19.1. The third-order valence-corrected chi connectivity index (χ3v) is 2.01. The van der Waals surface area contributed by atoms with Crippen molar-refractivity contribution in [3.05, 3.63) is 53.5 Å². The minimum absolute atomic E-state index is 0.190. The summed E-state index contributed by atoms with van der Waals surface area (Å²) in [5.74, 6) is -0.190. The number of rotatable bonds is 3. The Labute approximate surface area is 78.4 Å². The molecule has 1 rings (SSSR count). The average molecular weight is 176 g/mol. The van der Waals surface area contributed by atoms with Crippen molar-refractivity contribution in [2.45, 2.75) is 19.8 Å². The molecule has 0 spiro atoms. The zero-order valence-corrected chi connectivity index (χ0v) is 7.81. The third-order valence-electron chi connectivity index (χ3n) is 2.01. The van der Waals surface area contributed by atoms with Gasteiger partial charge in [0.15, 0.2) is 0 Å². The van der Waals surface area contributed by atoms with Gasteiger partial charge < -0.3 is 0 Å². The quantitative estimate of drug-likeness (QED) is 0.618. The standard InChI is InChI=1S/C12H13F/c1-3-10(4-2)9-11-5-7-12(13)8-6-11/h5-8H,1,4,9H2,2H3. The van der Waals surface area contributed by atoms with Crippen LogP contribution in [0.3, 0.4) is 0 Å².